The first-order valence-electron chi connectivity index (χ1n) is 6.46. The first-order chi connectivity index (χ1) is 10.2. The van der Waals surface area contributed by atoms with Crippen LogP contribution in [0.5, 0.6) is 0 Å². The van der Waals surface area contributed by atoms with Crippen molar-refractivity contribution in [3.05, 3.63) is 35.4 Å². The number of benzene rings is 1. The number of carbonyl (C=O) groups is 3. The highest BCUT2D eigenvalue weighted by atomic mass is 19.4. The summed E-state index contributed by atoms with van der Waals surface area (Å²) >= 11 is 0. The van der Waals surface area contributed by atoms with E-state index in [-0.39, 0.29) is 6.54 Å². The summed E-state index contributed by atoms with van der Waals surface area (Å²) in [6, 6.07) is 4.15. The Morgan fingerprint density at radius 3 is 2.00 bits per heavy atom. The zero-order valence-electron chi connectivity index (χ0n) is 11.0. The minimum atomic E-state index is -4.45. The summed E-state index contributed by atoms with van der Waals surface area (Å²) in [5.74, 6) is -4.90. The molecule has 3 rings (SSSR count). The van der Waals surface area contributed by atoms with Crippen molar-refractivity contribution in [2.45, 2.75) is 12.7 Å². The zero-order valence-corrected chi connectivity index (χ0v) is 11.0. The Hall–Kier alpha value is -2.38. The fraction of sp³-hybridized carbons (Fsp3) is 0.357. The lowest BCUT2D eigenvalue weighted by Gasteiger charge is -2.18. The SMILES string of the molecule is O=C(O)C1C2C(=O)N(Cc3ccc(C(F)(F)F)cc3)C(=O)C12. The molecule has 1 heterocycles. The van der Waals surface area contributed by atoms with Crippen LogP contribution in [0.15, 0.2) is 24.3 Å². The highest BCUT2D eigenvalue weighted by Crippen LogP contribution is 2.53. The van der Waals surface area contributed by atoms with Gasteiger partial charge in [0.15, 0.2) is 0 Å². The van der Waals surface area contributed by atoms with Crippen molar-refractivity contribution >= 4 is 17.8 Å². The third kappa shape index (κ3) is 2.15. The molecular formula is C14H10F3NO4. The number of carboxylic acid groups (broad SMARTS) is 1. The molecule has 22 heavy (non-hydrogen) atoms. The Morgan fingerprint density at radius 1 is 1.09 bits per heavy atom. The third-order valence-corrected chi connectivity index (χ3v) is 4.03. The van der Waals surface area contributed by atoms with Crippen LogP contribution in [0.3, 0.4) is 0 Å². The summed E-state index contributed by atoms with van der Waals surface area (Å²) in [5.41, 5.74) is -0.438. The number of hydrogen-bond acceptors (Lipinski definition) is 3. The number of aliphatic carboxylic acids is 1. The molecule has 1 aromatic carbocycles. The second kappa shape index (κ2) is 4.56. The number of alkyl halides is 3. The molecule has 116 valence electrons. The van der Waals surface area contributed by atoms with E-state index >= 15 is 0 Å². The van der Waals surface area contributed by atoms with Gasteiger partial charge in [-0.05, 0) is 17.7 Å². The number of nitrogens with zero attached hydrogens (tertiary/aromatic N) is 1. The molecule has 0 bridgehead atoms. The highest BCUT2D eigenvalue weighted by Gasteiger charge is 2.70. The second-order valence-corrected chi connectivity index (χ2v) is 5.37. The van der Waals surface area contributed by atoms with Crippen molar-refractivity contribution < 1.29 is 32.7 Å². The largest absolute Gasteiger partial charge is 0.481 e. The van der Waals surface area contributed by atoms with E-state index in [1.165, 1.54) is 12.1 Å². The first-order valence-corrected chi connectivity index (χ1v) is 6.46. The lowest BCUT2D eigenvalue weighted by molar-refractivity contribution is -0.149. The smallest absolute Gasteiger partial charge is 0.416 e. The maximum Gasteiger partial charge on any atom is 0.416 e. The van der Waals surface area contributed by atoms with E-state index in [1.807, 2.05) is 0 Å². The van der Waals surface area contributed by atoms with Gasteiger partial charge >= 0.3 is 12.1 Å². The number of amides is 2. The van der Waals surface area contributed by atoms with Gasteiger partial charge in [-0.1, -0.05) is 12.1 Å². The molecule has 2 unspecified atom stereocenters. The molecule has 1 aliphatic heterocycles. The predicted octanol–water partition coefficient (Wildman–Crippen LogP) is 1.52. The molecule has 1 aromatic rings. The number of halogens is 3. The fourth-order valence-corrected chi connectivity index (χ4v) is 2.84. The van der Waals surface area contributed by atoms with Crippen LogP contribution >= 0.6 is 0 Å². The minimum Gasteiger partial charge on any atom is -0.481 e. The van der Waals surface area contributed by atoms with Gasteiger partial charge in [0.1, 0.15) is 0 Å². The van der Waals surface area contributed by atoms with E-state index in [0.29, 0.717) is 5.56 Å². The van der Waals surface area contributed by atoms with Gasteiger partial charge in [-0.25, -0.2) is 0 Å². The topological polar surface area (TPSA) is 74.7 Å². The molecule has 2 fully saturated rings. The molecule has 1 saturated heterocycles. The number of fused-ring (bicyclic) bond motifs is 1. The van der Waals surface area contributed by atoms with Gasteiger partial charge < -0.3 is 5.11 Å². The molecule has 1 saturated carbocycles. The molecule has 1 aliphatic carbocycles. The minimum absolute atomic E-state index is 0.144. The molecule has 0 aromatic heterocycles. The van der Waals surface area contributed by atoms with E-state index in [0.717, 1.165) is 17.0 Å². The van der Waals surface area contributed by atoms with Crippen LogP contribution in [-0.4, -0.2) is 27.8 Å². The van der Waals surface area contributed by atoms with Gasteiger partial charge in [0, 0.05) is 0 Å². The van der Waals surface area contributed by atoms with E-state index < -0.39 is 47.3 Å². The lowest BCUT2D eigenvalue weighted by atomic mass is 10.1. The van der Waals surface area contributed by atoms with Crippen molar-refractivity contribution in [2.24, 2.45) is 17.8 Å². The van der Waals surface area contributed by atoms with E-state index in [2.05, 4.69) is 0 Å². The monoisotopic (exact) mass is 313 g/mol. The van der Waals surface area contributed by atoms with Crippen molar-refractivity contribution in [1.82, 2.24) is 4.90 Å². The molecule has 8 heteroatoms. The average Bonchev–Trinajstić information content (AvgIpc) is 3.13. The Kier molecular flexibility index (Phi) is 3.01. The van der Waals surface area contributed by atoms with Gasteiger partial charge in [0.05, 0.1) is 29.9 Å². The van der Waals surface area contributed by atoms with E-state index in [4.69, 9.17) is 5.11 Å². The summed E-state index contributed by atoms with van der Waals surface area (Å²) in [7, 11) is 0. The van der Waals surface area contributed by atoms with Gasteiger partial charge in [-0.3, -0.25) is 19.3 Å². The molecule has 2 aliphatic rings. The van der Waals surface area contributed by atoms with Crippen LogP contribution in [0.25, 0.3) is 0 Å². The van der Waals surface area contributed by atoms with Crippen molar-refractivity contribution in [2.75, 3.05) is 0 Å². The van der Waals surface area contributed by atoms with E-state index in [1.54, 1.807) is 0 Å². The average molecular weight is 313 g/mol. The highest BCUT2D eigenvalue weighted by molar-refractivity contribution is 6.13. The van der Waals surface area contributed by atoms with Crippen LogP contribution in [0, 0.1) is 17.8 Å². The third-order valence-electron chi connectivity index (χ3n) is 4.03. The Labute approximate surface area is 122 Å². The van der Waals surface area contributed by atoms with Crippen molar-refractivity contribution in [1.29, 1.82) is 0 Å². The van der Waals surface area contributed by atoms with Gasteiger partial charge in [0.25, 0.3) is 0 Å². The van der Waals surface area contributed by atoms with Crippen LogP contribution in [0.2, 0.25) is 0 Å². The van der Waals surface area contributed by atoms with Crippen LogP contribution in [0.4, 0.5) is 13.2 Å². The van der Waals surface area contributed by atoms with Crippen molar-refractivity contribution in [3.8, 4) is 0 Å². The Balaban J connectivity index is 1.72. The fourth-order valence-electron chi connectivity index (χ4n) is 2.84. The Bertz CT molecular complexity index is 646. The molecule has 2 atom stereocenters. The van der Waals surface area contributed by atoms with Crippen LogP contribution < -0.4 is 0 Å². The predicted molar refractivity (Wildman–Crippen MR) is 65.1 cm³/mol. The number of piperidine rings is 1. The number of rotatable bonds is 3. The van der Waals surface area contributed by atoms with Crippen LogP contribution in [0.1, 0.15) is 11.1 Å². The quantitative estimate of drug-likeness (QED) is 0.859. The first kappa shape index (κ1) is 14.6. The van der Waals surface area contributed by atoms with Crippen molar-refractivity contribution in [3.63, 3.8) is 0 Å². The molecule has 0 radical (unpaired) electrons. The second-order valence-electron chi connectivity index (χ2n) is 5.37. The summed E-state index contributed by atoms with van der Waals surface area (Å²) in [4.78, 5) is 35.7. The van der Waals surface area contributed by atoms with Gasteiger partial charge in [0.2, 0.25) is 11.8 Å². The maximum atomic E-state index is 12.5. The van der Waals surface area contributed by atoms with Gasteiger partial charge in [-0.15, -0.1) is 0 Å². The number of carboxylic acids is 1. The van der Waals surface area contributed by atoms with Crippen LogP contribution in [-0.2, 0) is 27.1 Å². The zero-order chi connectivity index (χ0) is 16.2. The standard InChI is InChI=1S/C14H10F3NO4/c15-14(16,17)7-3-1-6(2-4-7)5-18-11(19)8-9(12(18)20)10(8)13(21)22/h1-4,8-10H,5H2,(H,21,22). The summed E-state index contributed by atoms with van der Waals surface area (Å²) in [6.45, 7) is -0.144. The number of hydrogen-bond donors (Lipinski definition) is 1. The van der Waals surface area contributed by atoms with E-state index in [9.17, 15) is 27.6 Å². The lowest BCUT2D eigenvalue weighted by Crippen LogP contribution is -2.35. The number of carbonyl (C=O) groups excluding carboxylic acids is 2. The molecule has 2 amide bonds. The number of imide groups is 1. The van der Waals surface area contributed by atoms with Gasteiger partial charge in [-0.2, -0.15) is 13.2 Å². The summed E-state index contributed by atoms with van der Waals surface area (Å²) in [6.07, 6.45) is -4.45. The number of likely N-dealkylation sites (tertiary alicyclic amines) is 1. The Morgan fingerprint density at radius 2 is 1.59 bits per heavy atom. The maximum absolute atomic E-state index is 12.5. The summed E-state index contributed by atoms with van der Waals surface area (Å²) in [5, 5.41) is 8.85. The molecule has 5 nitrogen and oxygen atoms in total. The normalized spacial score (nSPS) is 27.0. The molecular weight excluding hydrogens is 303 g/mol. The molecule has 1 N–H and O–H groups in total. The summed E-state index contributed by atoms with van der Waals surface area (Å²) < 4.78 is 37.4. The molecule has 0 spiro atoms.